The van der Waals surface area contributed by atoms with E-state index in [1.807, 2.05) is 6.07 Å². The van der Waals surface area contributed by atoms with Crippen molar-refractivity contribution in [1.82, 2.24) is 5.32 Å². The summed E-state index contributed by atoms with van der Waals surface area (Å²) in [7, 11) is 0. The highest BCUT2D eigenvalue weighted by molar-refractivity contribution is 5.97. The molecule has 0 aliphatic carbocycles. The fourth-order valence-corrected chi connectivity index (χ4v) is 2.85. The predicted molar refractivity (Wildman–Crippen MR) is 91.7 cm³/mol. The normalized spacial score (nSPS) is 18.9. The maximum absolute atomic E-state index is 12.1. The summed E-state index contributed by atoms with van der Waals surface area (Å²) in [5.41, 5.74) is 1.32. The number of nitrogens with one attached hydrogen (secondary N) is 2. The van der Waals surface area contributed by atoms with Crippen LogP contribution in [0.15, 0.2) is 24.3 Å². The molecule has 1 aliphatic heterocycles. The zero-order valence-electron chi connectivity index (χ0n) is 13.2. The summed E-state index contributed by atoms with van der Waals surface area (Å²) in [4.78, 5) is 23.5. The molecule has 4 nitrogen and oxygen atoms in total. The second kappa shape index (κ2) is 8.91. The van der Waals surface area contributed by atoms with Crippen LogP contribution in [0.5, 0.6) is 0 Å². The Hall–Kier alpha value is -1.39. The van der Waals surface area contributed by atoms with E-state index in [1.54, 1.807) is 18.2 Å². The number of rotatable bonds is 5. The lowest BCUT2D eigenvalue weighted by Gasteiger charge is -2.28. The first-order valence-corrected chi connectivity index (χ1v) is 7.68. The maximum atomic E-state index is 12.1. The number of halogens is 1. The van der Waals surface area contributed by atoms with Crippen molar-refractivity contribution >= 4 is 29.8 Å². The van der Waals surface area contributed by atoms with E-state index in [1.165, 1.54) is 19.8 Å². The number of piperidine rings is 1. The second-order valence-corrected chi connectivity index (χ2v) is 5.97. The molecule has 1 heterocycles. The monoisotopic (exact) mass is 324 g/mol. The molecule has 1 aliphatic rings. The first-order valence-electron chi connectivity index (χ1n) is 7.68. The number of benzene rings is 1. The Kier molecular flexibility index (Phi) is 7.56. The molecule has 0 bridgehead atoms. The van der Waals surface area contributed by atoms with Gasteiger partial charge in [0, 0.05) is 17.7 Å². The van der Waals surface area contributed by atoms with Gasteiger partial charge in [-0.1, -0.05) is 19.1 Å². The van der Waals surface area contributed by atoms with Gasteiger partial charge < -0.3 is 10.6 Å². The van der Waals surface area contributed by atoms with Crippen molar-refractivity contribution in [2.45, 2.75) is 33.1 Å². The van der Waals surface area contributed by atoms with Crippen molar-refractivity contribution in [2.75, 3.05) is 18.4 Å². The van der Waals surface area contributed by atoms with Crippen molar-refractivity contribution in [3.05, 3.63) is 29.8 Å². The molecule has 2 rings (SSSR count). The highest BCUT2D eigenvalue weighted by Gasteiger charge is 2.22. The molecule has 5 heteroatoms. The standard InChI is InChI=1S/C17H24N2O2.ClH/c1-12(15-6-4-8-18-11-15)9-17(21)19-16-7-3-5-14(10-16)13(2)20;/h3,5,7,10,12,15,18H,4,6,8-9,11H2,1-2H3,(H,19,21);1H. The minimum atomic E-state index is 0. The first kappa shape index (κ1) is 18.7. The van der Waals surface area contributed by atoms with Gasteiger partial charge in [0.2, 0.25) is 5.91 Å². The quantitative estimate of drug-likeness (QED) is 0.817. The minimum Gasteiger partial charge on any atom is -0.326 e. The Labute approximate surface area is 138 Å². The van der Waals surface area contributed by atoms with Crippen LogP contribution in [0.2, 0.25) is 0 Å². The van der Waals surface area contributed by atoms with Crippen LogP contribution in [0.3, 0.4) is 0 Å². The SMILES string of the molecule is CC(=O)c1cccc(NC(=O)CC(C)C2CCCNC2)c1.Cl. The molecule has 1 saturated heterocycles. The Morgan fingerprint density at radius 3 is 2.82 bits per heavy atom. The van der Waals surface area contributed by atoms with Gasteiger partial charge in [0.05, 0.1) is 0 Å². The van der Waals surface area contributed by atoms with E-state index in [0.29, 0.717) is 29.5 Å². The van der Waals surface area contributed by atoms with E-state index in [-0.39, 0.29) is 24.1 Å². The van der Waals surface area contributed by atoms with E-state index in [2.05, 4.69) is 17.6 Å². The van der Waals surface area contributed by atoms with Gasteiger partial charge in [0.1, 0.15) is 0 Å². The van der Waals surface area contributed by atoms with Gasteiger partial charge in [-0.05, 0) is 56.8 Å². The Balaban J connectivity index is 0.00000242. The van der Waals surface area contributed by atoms with E-state index >= 15 is 0 Å². The van der Waals surface area contributed by atoms with E-state index in [0.717, 1.165) is 13.1 Å². The molecule has 2 N–H and O–H groups in total. The summed E-state index contributed by atoms with van der Waals surface area (Å²) in [6, 6.07) is 7.10. The molecular formula is C17H25ClN2O2. The molecule has 0 radical (unpaired) electrons. The molecule has 0 aromatic heterocycles. The zero-order valence-corrected chi connectivity index (χ0v) is 14.0. The highest BCUT2D eigenvalue weighted by Crippen LogP contribution is 2.23. The lowest BCUT2D eigenvalue weighted by Crippen LogP contribution is -2.34. The zero-order chi connectivity index (χ0) is 15.2. The van der Waals surface area contributed by atoms with E-state index in [4.69, 9.17) is 0 Å². The number of ketones is 1. The molecule has 122 valence electrons. The molecule has 1 amide bonds. The van der Waals surface area contributed by atoms with Crippen LogP contribution in [0, 0.1) is 11.8 Å². The fourth-order valence-electron chi connectivity index (χ4n) is 2.85. The summed E-state index contributed by atoms with van der Waals surface area (Å²) < 4.78 is 0. The molecule has 22 heavy (non-hydrogen) atoms. The van der Waals surface area contributed by atoms with Gasteiger partial charge in [0.15, 0.2) is 5.78 Å². The number of Topliss-reactive ketones (excluding diaryl/α,β-unsaturated/α-hetero) is 1. The van der Waals surface area contributed by atoms with Crippen molar-refractivity contribution < 1.29 is 9.59 Å². The third-order valence-electron chi connectivity index (χ3n) is 4.20. The molecule has 2 unspecified atom stereocenters. The third-order valence-corrected chi connectivity index (χ3v) is 4.20. The number of carbonyl (C=O) groups excluding carboxylic acids is 2. The van der Waals surface area contributed by atoms with Gasteiger partial charge in [0.25, 0.3) is 0 Å². The van der Waals surface area contributed by atoms with Crippen LogP contribution in [-0.4, -0.2) is 24.8 Å². The molecule has 2 atom stereocenters. The van der Waals surface area contributed by atoms with Gasteiger partial charge >= 0.3 is 0 Å². The molecule has 0 saturated carbocycles. The number of hydrogen-bond acceptors (Lipinski definition) is 3. The van der Waals surface area contributed by atoms with Crippen LogP contribution in [-0.2, 0) is 4.79 Å². The van der Waals surface area contributed by atoms with Crippen LogP contribution < -0.4 is 10.6 Å². The second-order valence-electron chi connectivity index (χ2n) is 5.97. The molecule has 0 spiro atoms. The van der Waals surface area contributed by atoms with Crippen molar-refractivity contribution in [2.24, 2.45) is 11.8 Å². The number of hydrogen-bond donors (Lipinski definition) is 2. The molecule has 1 aromatic rings. The smallest absolute Gasteiger partial charge is 0.224 e. The molecule has 1 fully saturated rings. The third kappa shape index (κ3) is 5.43. The largest absolute Gasteiger partial charge is 0.326 e. The average Bonchev–Trinajstić information content (AvgIpc) is 2.48. The Morgan fingerprint density at radius 1 is 1.41 bits per heavy atom. The van der Waals surface area contributed by atoms with Crippen LogP contribution in [0.4, 0.5) is 5.69 Å². The predicted octanol–water partition coefficient (Wildman–Crippen LogP) is 3.28. The number of amides is 1. The van der Waals surface area contributed by atoms with Crippen molar-refractivity contribution in [1.29, 1.82) is 0 Å². The summed E-state index contributed by atoms with van der Waals surface area (Å²) >= 11 is 0. The maximum Gasteiger partial charge on any atom is 0.224 e. The van der Waals surface area contributed by atoms with Crippen molar-refractivity contribution in [3.63, 3.8) is 0 Å². The topological polar surface area (TPSA) is 58.2 Å². The number of anilines is 1. The fraction of sp³-hybridized carbons (Fsp3) is 0.529. The molecule has 1 aromatic carbocycles. The summed E-state index contributed by atoms with van der Waals surface area (Å²) in [6.07, 6.45) is 2.91. The average molecular weight is 325 g/mol. The summed E-state index contributed by atoms with van der Waals surface area (Å²) in [5, 5.41) is 6.29. The van der Waals surface area contributed by atoms with Gasteiger partial charge in [-0.2, -0.15) is 0 Å². The first-order chi connectivity index (χ1) is 10.1. The number of carbonyl (C=O) groups is 2. The van der Waals surface area contributed by atoms with Crippen molar-refractivity contribution in [3.8, 4) is 0 Å². The molecular weight excluding hydrogens is 300 g/mol. The van der Waals surface area contributed by atoms with Gasteiger partial charge in [-0.15, -0.1) is 12.4 Å². The Morgan fingerprint density at radius 2 is 2.18 bits per heavy atom. The van der Waals surface area contributed by atoms with E-state index < -0.39 is 0 Å². The van der Waals surface area contributed by atoms with Gasteiger partial charge in [-0.25, -0.2) is 0 Å². The van der Waals surface area contributed by atoms with Crippen LogP contribution in [0.1, 0.15) is 43.5 Å². The van der Waals surface area contributed by atoms with Crippen LogP contribution >= 0.6 is 12.4 Å². The highest BCUT2D eigenvalue weighted by atomic mass is 35.5. The van der Waals surface area contributed by atoms with Gasteiger partial charge in [-0.3, -0.25) is 9.59 Å². The van der Waals surface area contributed by atoms with Crippen LogP contribution in [0.25, 0.3) is 0 Å². The lowest BCUT2D eigenvalue weighted by molar-refractivity contribution is -0.117. The summed E-state index contributed by atoms with van der Waals surface area (Å²) in [5.74, 6) is 0.975. The Bertz CT molecular complexity index is 513. The van der Waals surface area contributed by atoms with E-state index in [9.17, 15) is 9.59 Å². The minimum absolute atomic E-state index is 0. The lowest BCUT2D eigenvalue weighted by atomic mass is 9.85. The summed E-state index contributed by atoms with van der Waals surface area (Å²) in [6.45, 7) is 5.77.